The number of rotatable bonds is 5. The fourth-order valence-corrected chi connectivity index (χ4v) is 4.41. The molecule has 8 nitrogen and oxygen atoms in total. The third kappa shape index (κ3) is 6.59. The Morgan fingerprint density at radius 2 is 1.84 bits per heavy atom. The summed E-state index contributed by atoms with van der Waals surface area (Å²) in [5, 5.41) is 5.57. The van der Waals surface area contributed by atoms with Crippen LogP contribution in [-0.4, -0.2) is 72.6 Å². The van der Waals surface area contributed by atoms with Crippen molar-refractivity contribution in [1.29, 1.82) is 0 Å². The smallest absolute Gasteiger partial charge is 0.376 e. The van der Waals surface area contributed by atoms with Gasteiger partial charge in [0, 0.05) is 37.5 Å². The van der Waals surface area contributed by atoms with Gasteiger partial charge in [0.25, 0.3) is 5.91 Å². The molecule has 0 spiro atoms. The Labute approximate surface area is 212 Å². The lowest BCUT2D eigenvalue weighted by Crippen LogP contribution is -2.62. The average Bonchev–Trinajstić information content (AvgIpc) is 3.41. The number of aryl methyl sites for hydroxylation is 1. The van der Waals surface area contributed by atoms with Crippen molar-refractivity contribution in [3.05, 3.63) is 65.2 Å². The van der Waals surface area contributed by atoms with Gasteiger partial charge in [0.15, 0.2) is 0 Å². The number of piperazine rings is 1. The first-order valence-electron chi connectivity index (χ1n) is 12.1. The number of amides is 4. The van der Waals surface area contributed by atoms with Crippen molar-refractivity contribution < 1.29 is 32.3 Å². The predicted octanol–water partition coefficient (Wildman–Crippen LogP) is 3.67. The molecule has 2 aromatic rings. The second-order valence-electron chi connectivity index (χ2n) is 9.22. The molecule has 2 unspecified atom stereocenters. The van der Waals surface area contributed by atoms with Crippen LogP contribution in [0.4, 0.5) is 23.7 Å². The number of benzene rings is 2. The van der Waals surface area contributed by atoms with Gasteiger partial charge in [-0.05, 0) is 50.1 Å². The third-order valence-electron chi connectivity index (χ3n) is 6.50. The maximum atomic E-state index is 13.3. The molecule has 2 aliphatic heterocycles. The first-order chi connectivity index (χ1) is 17.6. The lowest BCUT2D eigenvalue weighted by Gasteiger charge is -2.40. The van der Waals surface area contributed by atoms with Crippen LogP contribution in [0, 0.1) is 6.92 Å². The summed E-state index contributed by atoms with van der Waals surface area (Å²) >= 11 is 0. The van der Waals surface area contributed by atoms with E-state index >= 15 is 0 Å². The molecule has 4 rings (SSSR count). The molecule has 2 saturated heterocycles. The second-order valence-corrected chi connectivity index (χ2v) is 9.22. The Kier molecular flexibility index (Phi) is 8.01. The molecule has 0 radical (unpaired) electrons. The van der Waals surface area contributed by atoms with Crippen LogP contribution >= 0.6 is 0 Å². The zero-order valence-electron chi connectivity index (χ0n) is 20.4. The Bertz CT molecular complexity index is 1130. The molecule has 0 bridgehead atoms. The van der Waals surface area contributed by atoms with Crippen LogP contribution in [0.1, 0.15) is 34.3 Å². The molecular formula is C26H29F3N4O4. The maximum absolute atomic E-state index is 13.3. The lowest BCUT2D eigenvalue weighted by atomic mass is 10.1. The molecule has 0 aliphatic carbocycles. The maximum Gasteiger partial charge on any atom is 0.416 e. The highest BCUT2D eigenvalue weighted by Gasteiger charge is 2.38. The van der Waals surface area contributed by atoms with E-state index in [1.54, 1.807) is 12.1 Å². The zero-order chi connectivity index (χ0) is 26.6. The van der Waals surface area contributed by atoms with Gasteiger partial charge < -0.3 is 25.2 Å². The van der Waals surface area contributed by atoms with Gasteiger partial charge in [-0.25, -0.2) is 4.79 Å². The minimum absolute atomic E-state index is 0.0194. The van der Waals surface area contributed by atoms with Crippen LogP contribution in [0.2, 0.25) is 0 Å². The van der Waals surface area contributed by atoms with E-state index in [0.29, 0.717) is 12.3 Å². The number of carbonyl (C=O) groups is 3. The standard InChI is InChI=1S/C26H29F3N4O4/c1-17-7-9-20(10-8-17)31-25(36)32-11-12-33(22(16-32)23(34)30-15-21-6-3-13-37-21)24(35)18-4-2-5-19(14-18)26(27,28)29/h2,4-5,7-10,14,21-22H,3,6,11-13,15-16H2,1H3,(H,30,34)(H,31,36). The van der Waals surface area contributed by atoms with Crippen molar-refractivity contribution in [2.75, 3.05) is 38.1 Å². The highest BCUT2D eigenvalue weighted by atomic mass is 19.4. The van der Waals surface area contributed by atoms with Gasteiger partial charge in [0.2, 0.25) is 5.91 Å². The molecule has 0 saturated carbocycles. The minimum atomic E-state index is -4.61. The Morgan fingerprint density at radius 1 is 1.08 bits per heavy atom. The Morgan fingerprint density at radius 3 is 2.51 bits per heavy atom. The monoisotopic (exact) mass is 518 g/mol. The average molecular weight is 519 g/mol. The molecule has 2 heterocycles. The molecule has 37 heavy (non-hydrogen) atoms. The molecular weight excluding hydrogens is 489 g/mol. The normalized spacial score (nSPS) is 20.0. The van der Waals surface area contributed by atoms with Crippen molar-refractivity contribution >= 4 is 23.5 Å². The van der Waals surface area contributed by atoms with Crippen LogP contribution in [0.25, 0.3) is 0 Å². The van der Waals surface area contributed by atoms with Crippen LogP contribution in [0.5, 0.6) is 0 Å². The number of halogens is 3. The fraction of sp³-hybridized carbons (Fsp3) is 0.423. The van der Waals surface area contributed by atoms with Gasteiger partial charge in [0.1, 0.15) is 6.04 Å². The van der Waals surface area contributed by atoms with Crippen molar-refractivity contribution in [3.63, 3.8) is 0 Å². The first-order valence-corrected chi connectivity index (χ1v) is 12.1. The van der Waals surface area contributed by atoms with Crippen molar-refractivity contribution in [2.24, 2.45) is 0 Å². The Hall–Kier alpha value is -3.60. The number of ether oxygens (including phenoxy) is 1. The number of alkyl halides is 3. The van der Waals surface area contributed by atoms with Crippen molar-refractivity contribution in [2.45, 2.75) is 38.1 Å². The summed E-state index contributed by atoms with van der Waals surface area (Å²) in [4.78, 5) is 42.1. The third-order valence-corrected chi connectivity index (χ3v) is 6.50. The van der Waals surface area contributed by atoms with Crippen LogP contribution in [0.15, 0.2) is 48.5 Å². The first kappa shape index (κ1) is 26.5. The zero-order valence-corrected chi connectivity index (χ0v) is 20.4. The van der Waals surface area contributed by atoms with E-state index in [0.717, 1.165) is 36.6 Å². The molecule has 4 amide bonds. The quantitative estimate of drug-likeness (QED) is 0.632. The summed E-state index contributed by atoms with van der Waals surface area (Å²) in [7, 11) is 0. The topological polar surface area (TPSA) is 91.0 Å². The van der Waals surface area contributed by atoms with E-state index in [1.807, 2.05) is 19.1 Å². The van der Waals surface area contributed by atoms with Crippen molar-refractivity contribution in [1.82, 2.24) is 15.1 Å². The summed E-state index contributed by atoms with van der Waals surface area (Å²) in [6.07, 6.45) is -3.07. The van der Waals surface area contributed by atoms with Crippen LogP contribution < -0.4 is 10.6 Å². The molecule has 11 heteroatoms. The summed E-state index contributed by atoms with van der Waals surface area (Å²) in [5.41, 5.74) is 0.485. The van der Waals surface area contributed by atoms with Crippen molar-refractivity contribution in [3.8, 4) is 0 Å². The van der Waals surface area contributed by atoms with Crippen LogP contribution in [-0.2, 0) is 15.7 Å². The van der Waals surface area contributed by atoms with E-state index in [-0.39, 0.29) is 37.8 Å². The van der Waals surface area contributed by atoms with E-state index in [1.165, 1.54) is 15.9 Å². The summed E-state index contributed by atoms with van der Waals surface area (Å²) in [5.74, 6) is -1.20. The molecule has 2 fully saturated rings. The van der Waals surface area contributed by atoms with E-state index in [2.05, 4.69) is 10.6 Å². The number of anilines is 1. The number of hydrogen-bond acceptors (Lipinski definition) is 4. The molecule has 198 valence electrons. The number of nitrogens with one attached hydrogen (secondary N) is 2. The van der Waals surface area contributed by atoms with Gasteiger partial charge in [0.05, 0.1) is 18.2 Å². The van der Waals surface area contributed by atoms with Gasteiger partial charge in [-0.1, -0.05) is 23.8 Å². The fourth-order valence-electron chi connectivity index (χ4n) is 4.41. The SMILES string of the molecule is Cc1ccc(NC(=O)N2CCN(C(=O)c3cccc(C(F)(F)F)c3)C(C(=O)NCC3CCCO3)C2)cc1. The van der Waals surface area contributed by atoms with E-state index in [9.17, 15) is 27.6 Å². The van der Waals surface area contributed by atoms with Gasteiger partial charge in [-0.2, -0.15) is 13.2 Å². The molecule has 2 aromatic carbocycles. The van der Waals surface area contributed by atoms with Gasteiger partial charge in [-0.3, -0.25) is 9.59 Å². The molecule has 0 aromatic heterocycles. The molecule has 2 N–H and O–H groups in total. The van der Waals surface area contributed by atoms with Gasteiger partial charge in [-0.15, -0.1) is 0 Å². The number of urea groups is 1. The predicted molar refractivity (Wildman–Crippen MR) is 130 cm³/mol. The highest BCUT2D eigenvalue weighted by Crippen LogP contribution is 2.30. The largest absolute Gasteiger partial charge is 0.416 e. The lowest BCUT2D eigenvalue weighted by molar-refractivity contribution is -0.137. The van der Waals surface area contributed by atoms with Crippen LogP contribution in [0.3, 0.4) is 0 Å². The van der Waals surface area contributed by atoms with E-state index in [4.69, 9.17) is 4.74 Å². The number of hydrogen-bond donors (Lipinski definition) is 2. The molecule has 2 aliphatic rings. The second kappa shape index (κ2) is 11.2. The Balaban J connectivity index is 1.51. The summed E-state index contributed by atoms with van der Waals surface area (Å²) < 4.78 is 45.2. The highest BCUT2D eigenvalue weighted by molar-refractivity contribution is 5.98. The number of carbonyl (C=O) groups excluding carboxylic acids is 3. The minimum Gasteiger partial charge on any atom is -0.376 e. The molecule has 2 atom stereocenters. The summed E-state index contributed by atoms with van der Waals surface area (Å²) in [6.45, 7) is 2.76. The number of nitrogens with zero attached hydrogens (tertiary/aromatic N) is 2. The van der Waals surface area contributed by atoms with Gasteiger partial charge >= 0.3 is 12.2 Å². The van der Waals surface area contributed by atoms with E-state index < -0.39 is 35.6 Å². The summed E-state index contributed by atoms with van der Waals surface area (Å²) in [6, 6.07) is 9.80.